The van der Waals surface area contributed by atoms with Gasteiger partial charge in [-0.1, -0.05) is 36.4 Å². The zero-order valence-corrected chi connectivity index (χ0v) is 8.98. The average molecular weight is 206 g/mol. The SMILES string of the molecule is N#Cc1ccc(CCc2c[c]ccc2)cc1. The number of benzene rings is 2. The second-order valence-corrected chi connectivity index (χ2v) is 3.72. The van der Waals surface area contributed by atoms with Crippen molar-refractivity contribution < 1.29 is 0 Å². The highest BCUT2D eigenvalue weighted by Crippen LogP contribution is 2.08. The standard InChI is InChI=1S/C15H12N/c16-12-15-10-8-14(9-11-15)7-6-13-4-2-1-3-5-13/h1-2,4-5,8-11H,6-7H2. The van der Waals surface area contributed by atoms with E-state index in [1.807, 2.05) is 42.5 Å². The van der Waals surface area contributed by atoms with Crippen LogP contribution in [0.4, 0.5) is 0 Å². The molecule has 0 aliphatic rings. The van der Waals surface area contributed by atoms with Crippen molar-refractivity contribution in [2.75, 3.05) is 0 Å². The highest BCUT2D eigenvalue weighted by Gasteiger charge is 1.95. The molecule has 1 nitrogen and oxygen atoms in total. The molecule has 0 aliphatic heterocycles. The summed E-state index contributed by atoms with van der Waals surface area (Å²) in [7, 11) is 0. The molecule has 2 aromatic rings. The van der Waals surface area contributed by atoms with E-state index >= 15 is 0 Å². The second kappa shape index (κ2) is 5.14. The third-order valence-corrected chi connectivity index (χ3v) is 2.56. The molecule has 0 saturated heterocycles. The van der Waals surface area contributed by atoms with Gasteiger partial charge in [-0.15, -0.1) is 0 Å². The van der Waals surface area contributed by atoms with Crippen molar-refractivity contribution in [1.82, 2.24) is 0 Å². The molecule has 0 saturated carbocycles. The lowest BCUT2D eigenvalue weighted by Crippen LogP contribution is -1.90. The van der Waals surface area contributed by atoms with E-state index < -0.39 is 0 Å². The van der Waals surface area contributed by atoms with Gasteiger partial charge < -0.3 is 0 Å². The summed E-state index contributed by atoms with van der Waals surface area (Å²) < 4.78 is 0. The van der Waals surface area contributed by atoms with Crippen molar-refractivity contribution in [2.45, 2.75) is 12.8 Å². The van der Waals surface area contributed by atoms with Gasteiger partial charge in [0.2, 0.25) is 0 Å². The fraction of sp³-hybridized carbons (Fsp3) is 0.133. The minimum atomic E-state index is 0.719. The van der Waals surface area contributed by atoms with Crippen LogP contribution in [0.1, 0.15) is 16.7 Å². The molecule has 0 bridgehead atoms. The molecule has 0 aromatic heterocycles. The maximum Gasteiger partial charge on any atom is 0.0991 e. The lowest BCUT2D eigenvalue weighted by molar-refractivity contribution is 0.959. The molecule has 0 unspecified atom stereocenters. The first-order chi connectivity index (χ1) is 7.88. The summed E-state index contributed by atoms with van der Waals surface area (Å²) in [6.45, 7) is 0. The summed E-state index contributed by atoms with van der Waals surface area (Å²) in [6.07, 6.45) is 2.02. The quantitative estimate of drug-likeness (QED) is 0.756. The smallest absolute Gasteiger partial charge is 0.0991 e. The van der Waals surface area contributed by atoms with E-state index in [0.717, 1.165) is 18.4 Å². The topological polar surface area (TPSA) is 23.8 Å². The van der Waals surface area contributed by atoms with E-state index in [1.165, 1.54) is 11.1 Å². The number of hydrogen-bond donors (Lipinski definition) is 0. The van der Waals surface area contributed by atoms with Crippen molar-refractivity contribution in [3.63, 3.8) is 0 Å². The lowest BCUT2D eigenvalue weighted by atomic mass is 10.0. The van der Waals surface area contributed by atoms with Gasteiger partial charge in [0.05, 0.1) is 11.6 Å². The third kappa shape index (κ3) is 2.71. The number of hydrogen-bond acceptors (Lipinski definition) is 1. The minimum absolute atomic E-state index is 0.719. The maximum absolute atomic E-state index is 8.68. The van der Waals surface area contributed by atoms with Crippen LogP contribution in [0.3, 0.4) is 0 Å². The van der Waals surface area contributed by atoms with Crippen LogP contribution in [0.5, 0.6) is 0 Å². The van der Waals surface area contributed by atoms with E-state index in [1.54, 1.807) is 0 Å². The van der Waals surface area contributed by atoms with Gasteiger partial charge in [0.15, 0.2) is 0 Å². The van der Waals surface area contributed by atoms with Crippen LogP contribution in [0.15, 0.2) is 48.5 Å². The third-order valence-electron chi connectivity index (χ3n) is 2.56. The lowest BCUT2D eigenvalue weighted by Gasteiger charge is -2.01. The van der Waals surface area contributed by atoms with Crippen LogP contribution in [-0.2, 0) is 12.8 Å². The highest BCUT2D eigenvalue weighted by molar-refractivity contribution is 5.32. The van der Waals surface area contributed by atoms with Gasteiger partial charge in [0.25, 0.3) is 0 Å². The fourth-order valence-electron chi connectivity index (χ4n) is 1.62. The summed E-state index contributed by atoms with van der Waals surface area (Å²) in [4.78, 5) is 0. The van der Waals surface area contributed by atoms with Gasteiger partial charge >= 0.3 is 0 Å². The predicted molar refractivity (Wildman–Crippen MR) is 63.8 cm³/mol. The van der Waals surface area contributed by atoms with Crippen LogP contribution < -0.4 is 0 Å². The number of nitrogens with zero attached hydrogens (tertiary/aromatic N) is 1. The molecule has 0 fully saturated rings. The number of nitriles is 1. The van der Waals surface area contributed by atoms with Gasteiger partial charge in [-0.25, -0.2) is 0 Å². The minimum Gasteiger partial charge on any atom is -0.192 e. The maximum atomic E-state index is 8.68. The Morgan fingerprint density at radius 3 is 2.38 bits per heavy atom. The monoisotopic (exact) mass is 206 g/mol. The van der Waals surface area contributed by atoms with Crippen LogP contribution in [0, 0.1) is 17.4 Å². The Kier molecular flexibility index (Phi) is 3.35. The molecule has 0 N–H and O–H groups in total. The van der Waals surface area contributed by atoms with Crippen molar-refractivity contribution in [3.8, 4) is 6.07 Å². The van der Waals surface area contributed by atoms with E-state index in [0.29, 0.717) is 0 Å². The van der Waals surface area contributed by atoms with E-state index in [2.05, 4.69) is 18.2 Å². The van der Waals surface area contributed by atoms with Crippen molar-refractivity contribution in [2.24, 2.45) is 0 Å². The van der Waals surface area contributed by atoms with Gasteiger partial charge in [0.1, 0.15) is 0 Å². The molecule has 0 atom stereocenters. The Hall–Kier alpha value is -2.07. The van der Waals surface area contributed by atoms with E-state index in [4.69, 9.17) is 5.26 Å². The predicted octanol–water partition coefficient (Wildman–Crippen LogP) is 3.14. The normalized spacial score (nSPS) is 9.69. The van der Waals surface area contributed by atoms with Crippen LogP contribution in [-0.4, -0.2) is 0 Å². The summed E-state index contributed by atoms with van der Waals surface area (Å²) in [5, 5.41) is 8.68. The second-order valence-electron chi connectivity index (χ2n) is 3.72. The molecule has 2 rings (SSSR count). The molecule has 1 radical (unpaired) electrons. The van der Waals surface area contributed by atoms with Crippen LogP contribution in [0.2, 0.25) is 0 Å². The molecule has 0 aliphatic carbocycles. The summed E-state index contributed by atoms with van der Waals surface area (Å²) in [5.74, 6) is 0. The summed E-state index contributed by atoms with van der Waals surface area (Å²) >= 11 is 0. The molecule has 77 valence electrons. The molecule has 1 heteroatoms. The van der Waals surface area contributed by atoms with Crippen molar-refractivity contribution in [3.05, 3.63) is 71.3 Å². The Balaban J connectivity index is 1.98. The van der Waals surface area contributed by atoms with Crippen molar-refractivity contribution in [1.29, 1.82) is 5.26 Å². The highest BCUT2D eigenvalue weighted by atomic mass is 14.2. The van der Waals surface area contributed by atoms with Gasteiger partial charge in [-0.2, -0.15) is 5.26 Å². The molecular formula is C15H12N. The first kappa shape index (κ1) is 10.4. The largest absolute Gasteiger partial charge is 0.192 e. The van der Waals surface area contributed by atoms with Crippen LogP contribution >= 0.6 is 0 Å². The van der Waals surface area contributed by atoms with E-state index in [-0.39, 0.29) is 0 Å². The molecular weight excluding hydrogens is 194 g/mol. The van der Waals surface area contributed by atoms with Crippen molar-refractivity contribution >= 4 is 0 Å². The van der Waals surface area contributed by atoms with E-state index in [9.17, 15) is 0 Å². The Bertz CT molecular complexity index is 477. The van der Waals surface area contributed by atoms with Crippen LogP contribution in [0.25, 0.3) is 0 Å². The molecule has 0 amide bonds. The Morgan fingerprint density at radius 2 is 1.75 bits per heavy atom. The Labute approximate surface area is 96.0 Å². The summed E-state index contributed by atoms with van der Waals surface area (Å²) in [6, 6.07) is 21.0. The molecule has 0 heterocycles. The zero-order chi connectivity index (χ0) is 11.2. The molecule has 2 aromatic carbocycles. The Morgan fingerprint density at radius 1 is 1.00 bits per heavy atom. The first-order valence-electron chi connectivity index (χ1n) is 5.32. The zero-order valence-electron chi connectivity index (χ0n) is 8.98. The van der Waals surface area contributed by atoms with Gasteiger partial charge in [-0.05, 0) is 42.2 Å². The van der Waals surface area contributed by atoms with Gasteiger partial charge in [-0.3, -0.25) is 0 Å². The number of aryl methyl sites for hydroxylation is 2. The molecule has 0 spiro atoms. The first-order valence-corrected chi connectivity index (χ1v) is 5.32. The summed E-state index contributed by atoms with van der Waals surface area (Å²) in [5.41, 5.74) is 3.28. The number of rotatable bonds is 3. The van der Waals surface area contributed by atoms with Gasteiger partial charge in [0, 0.05) is 0 Å². The molecule has 16 heavy (non-hydrogen) atoms. The average Bonchev–Trinajstić information content (AvgIpc) is 2.38. The fourth-order valence-corrected chi connectivity index (χ4v) is 1.62.